The summed E-state index contributed by atoms with van der Waals surface area (Å²) in [6.07, 6.45) is 0.335. The number of ketones is 1. The van der Waals surface area contributed by atoms with Gasteiger partial charge in [-0.25, -0.2) is 0 Å². The van der Waals surface area contributed by atoms with E-state index in [1.807, 2.05) is 26.0 Å². The molecule has 0 heterocycles. The van der Waals surface area contributed by atoms with Crippen molar-refractivity contribution in [2.24, 2.45) is 0 Å². The molecule has 0 unspecified atom stereocenters. The first kappa shape index (κ1) is 9.97. The van der Waals surface area contributed by atoms with Crippen molar-refractivity contribution in [3.05, 3.63) is 41.3 Å². The van der Waals surface area contributed by atoms with Crippen LogP contribution in [0, 0.1) is 27.7 Å². The van der Waals surface area contributed by atoms with Gasteiger partial charge in [-0.1, -0.05) is 0 Å². The molecular weight excluding hydrogens is 160 g/mol. The number of hydrogen-bond acceptors (Lipinski definition) is 1. The van der Waals surface area contributed by atoms with Gasteiger partial charge in [-0.2, -0.15) is 0 Å². The van der Waals surface area contributed by atoms with Gasteiger partial charge >= 0.3 is 0 Å². The second-order valence-corrected chi connectivity index (χ2v) is 3.41. The van der Waals surface area contributed by atoms with Gasteiger partial charge in [-0.05, 0) is 56.5 Å². The van der Waals surface area contributed by atoms with E-state index in [0.29, 0.717) is 6.42 Å². The van der Waals surface area contributed by atoms with E-state index in [9.17, 15) is 4.79 Å². The minimum Gasteiger partial charge on any atom is -0.294 e. The van der Waals surface area contributed by atoms with Crippen molar-refractivity contribution in [3.63, 3.8) is 0 Å². The maximum Gasteiger partial charge on any atom is 0.162 e. The summed E-state index contributed by atoms with van der Waals surface area (Å²) in [7, 11) is 0. The molecule has 0 bridgehead atoms. The summed E-state index contributed by atoms with van der Waals surface area (Å²) in [5.74, 6) is 0.117. The fourth-order valence-electron chi connectivity index (χ4n) is 1.34. The zero-order chi connectivity index (χ0) is 10.0. The Kier molecular flexibility index (Phi) is 2.86. The molecule has 0 N–H and O–H groups in total. The standard InChI is InChI=1S/C12H15O/c1-5-12(13)11-6-8(2)10(4)9(3)7-11/h6-7H,1,5H2,2-4H3. The number of carbonyl (C=O) groups excluding carboxylic acids is 1. The Balaban J connectivity index is 3.20. The lowest BCUT2D eigenvalue weighted by Crippen LogP contribution is -1.99. The Morgan fingerprint density at radius 2 is 1.69 bits per heavy atom. The largest absolute Gasteiger partial charge is 0.294 e. The average molecular weight is 175 g/mol. The molecule has 1 radical (unpaired) electrons. The molecule has 0 aromatic heterocycles. The minimum absolute atomic E-state index is 0.117. The summed E-state index contributed by atoms with van der Waals surface area (Å²) in [6, 6.07) is 3.88. The number of Topliss-reactive ketones (excluding diaryl/α,β-unsaturated/α-hetero) is 1. The maximum atomic E-state index is 11.4. The van der Waals surface area contributed by atoms with E-state index in [2.05, 4.69) is 13.8 Å². The smallest absolute Gasteiger partial charge is 0.162 e. The second-order valence-electron chi connectivity index (χ2n) is 3.41. The summed E-state index contributed by atoms with van der Waals surface area (Å²) < 4.78 is 0. The molecule has 13 heavy (non-hydrogen) atoms. The molecule has 1 aromatic carbocycles. The van der Waals surface area contributed by atoms with Crippen LogP contribution in [0.25, 0.3) is 0 Å². The van der Waals surface area contributed by atoms with Crippen molar-refractivity contribution in [2.75, 3.05) is 0 Å². The topological polar surface area (TPSA) is 17.1 Å². The first-order valence-electron chi connectivity index (χ1n) is 4.46. The molecule has 0 amide bonds. The lowest BCUT2D eigenvalue weighted by atomic mass is 9.98. The molecule has 69 valence electrons. The van der Waals surface area contributed by atoms with Crippen molar-refractivity contribution in [1.82, 2.24) is 0 Å². The SMILES string of the molecule is [CH2]CC(=O)c1cc(C)c(C)c(C)c1. The van der Waals surface area contributed by atoms with E-state index in [1.54, 1.807) is 0 Å². The van der Waals surface area contributed by atoms with E-state index >= 15 is 0 Å². The van der Waals surface area contributed by atoms with Gasteiger partial charge in [0.1, 0.15) is 0 Å². The van der Waals surface area contributed by atoms with Crippen LogP contribution in [0.1, 0.15) is 33.5 Å². The van der Waals surface area contributed by atoms with Crippen LogP contribution in [-0.2, 0) is 0 Å². The quantitative estimate of drug-likeness (QED) is 0.631. The molecule has 0 fully saturated rings. The van der Waals surface area contributed by atoms with E-state index in [-0.39, 0.29) is 5.78 Å². The van der Waals surface area contributed by atoms with Gasteiger partial charge in [-0.15, -0.1) is 0 Å². The Bertz CT molecular complexity index is 314. The molecule has 1 aromatic rings. The molecule has 0 aliphatic rings. The van der Waals surface area contributed by atoms with Gasteiger partial charge in [0.05, 0.1) is 0 Å². The van der Waals surface area contributed by atoms with E-state index in [1.165, 1.54) is 16.7 Å². The molecule has 0 aliphatic carbocycles. The summed E-state index contributed by atoms with van der Waals surface area (Å²) in [6.45, 7) is 9.73. The van der Waals surface area contributed by atoms with Crippen molar-refractivity contribution in [3.8, 4) is 0 Å². The number of rotatable bonds is 2. The number of benzene rings is 1. The normalized spacial score (nSPS) is 10.2. The third kappa shape index (κ3) is 1.97. The predicted octanol–water partition coefficient (Wildman–Crippen LogP) is 3.02. The lowest BCUT2D eigenvalue weighted by Gasteiger charge is -2.07. The fourth-order valence-corrected chi connectivity index (χ4v) is 1.34. The average Bonchev–Trinajstić information content (AvgIpc) is 2.12. The Morgan fingerprint density at radius 3 is 2.08 bits per heavy atom. The van der Waals surface area contributed by atoms with Crippen molar-refractivity contribution in [1.29, 1.82) is 0 Å². The first-order valence-corrected chi connectivity index (χ1v) is 4.46. The van der Waals surface area contributed by atoms with E-state index in [0.717, 1.165) is 5.56 Å². The first-order chi connectivity index (χ1) is 6.06. The van der Waals surface area contributed by atoms with Gasteiger partial charge in [-0.3, -0.25) is 4.79 Å². The summed E-state index contributed by atoms with van der Waals surface area (Å²) >= 11 is 0. The molecule has 0 saturated carbocycles. The van der Waals surface area contributed by atoms with Gasteiger partial charge in [0, 0.05) is 12.0 Å². The Labute approximate surface area is 79.8 Å². The van der Waals surface area contributed by atoms with Crippen molar-refractivity contribution < 1.29 is 4.79 Å². The van der Waals surface area contributed by atoms with E-state index < -0.39 is 0 Å². The van der Waals surface area contributed by atoms with Crippen LogP contribution >= 0.6 is 0 Å². The monoisotopic (exact) mass is 175 g/mol. The molecule has 1 heteroatoms. The minimum atomic E-state index is 0.117. The molecule has 1 rings (SSSR count). The predicted molar refractivity (Wildman–Crippen MR) is 55.0 cm³/mol. The number of aryl methyl sites for hydroxylation is 2. The molecule has 0 aliphatic heterocycles. The molecule has 0 spiro atoms. The van der Waals surface area contributed by atoms with Crippen LogP contribution in [0.5, 0.6) is 0 Å². The fraction of sp³-hybridized carbons (Fsp3) is 0.333. The van der Waals surface area contributed by atoms with Crippen molar-refractivity contribution >= 4 is 5.78 Å². The third-order valence-electron chi connectivity index (χ3n) is 2.48. The molecule has 1 nitrogen and oxygen atoms in total. The van der Waals surface area contributed by atoms with E-state index in [4.69, 9.17) is 0 Å². The van der Waals surface area contributed by atoms with Crippen LogP contribution in [0.3, 0.4) is 0 Å². The maximum absolute atomic E-state index is 11.4. The summed E-state index contributed by atoms with van der Waals surface area (Å²) in [4.78, 5) is 11.4. The Hall–Kier alpha value is -1.11. The highest BCUT2D eigenvalue weighted by atomic mass is 16.1. The molecular formula is C12H15O. The molecule has 0 atom stereocenters. The highest BCUT2D eigenvalue weighted by molar-refractivity contribution is 5.96. The number of hydrogen-bond donors (Lipinski definition) is 0. The lowest BCUT2D eigenvalue weighted by molar-refractivity contribution is 0.0995. The van der Waals surface area contributed by atoms with Gasteiger partial charge < -0.3 is 0 Å². The second kappa shape index (κ2) is 3.73. The van der Waals surface area contributed by atoms with Gasteiger partial charge in [0.15, 0.2) is 5.78 Å². The zero-order valence-electron chi connectivity index (χ0n) is 8.48. The Morgan fingerprint density at radius 1 is 1.23 bits per heavy atom. The highest BCUT2D eigenvalue weighted by Crippen LogP contribution is 2.16. The summed E-state index contributed by atoms with van der Waals surface area (Å²) in [5.41, 5.74) is 4.41. The van der Waals surface area contributed by atoms with Gasteiger partial charge in [0.2, 0.25) is 0 Å². The van der Waals surface area contributed by atoms with Crippen LogP contribution in [0.15, 0.2) is 12.1 Å². The highest BCUT2D eigenvalue weighted by Gasteiger charge is 2.06. The van der Waals surface area contributed by atoms with Crippen LogP contribution < -0.4 is 0 Å². The van der Waals surface area contributed by atoms with Crippen molar-refractivity contribution in [2.45, 2.75) is 27.2 Å². The number of carbonyl (C=O) groups is 1. The van der Waals surface area contributed by atoms with Gasteiger partial charge in [0.25, 0.3) is 0 Å². The molecule has 0 saturated heterocycles. The van der Waals surface area contributed by atoms with Crippen LogP contribution in [0.2, 0.25) is 0 Å². The van der Waals surface area contributed by atoms with Crippen LogP contribution in [0.4, 0.5) is 0 Å². The zero-order valence-corrected chi connectivity index (χ0v) is 8.48. The summed E-state index contributed by atoms with van der Waals surface area (Å²) in [5, 5.41) is 0. The van der Waals surface area contributed by atoms with Crippen LogP contribution in [-0.4, -0.2) is 5.78 Å². The third-order valence-corrected chi connectivity index (χ3v) is 2.48.